The Morgan fingerprint density at radius 2 is 1.74 bits per heavy atom. The van der Waals surface area contributed by atoms with Gasteiger partial charge in [-0.2, -0.15) is 0 Å². The summed E-state index contributed by atoms with van der Waals surface area (Å²) in [6.07, 6.45) is 5.56. The summed E-state index contributed by atoms with van der Waals surface area (Å²) in [5, 5.41) is 4.14. The zero-order valence-corrected chi connectivity index (χ0v) is 19.2. The summed E-state index contributed by atoms with van der Waals surface area (Å²) in [5.74, 6) is 1.37. The van der Waals surface area contributed by atoms with Crippen LogP contribution in [0.5, 0.6) is 5.75 Å². The first-order chi connectivity index (χ1) is 16.6. The fourth-order valence-corrected chi connectivity index (χ4v) is 4.30. The van der Waals surface area contributed by atoms with E-state index in [1.54, 1.807) is 13.3 Å². The van der Waals surface area contributed by atoms with Crippen LogP contribution < -0.4 is 10.1 Å². The molecule has 0 aliphatic rings. The second-order valence-corrected chi connectivity index (χ2v) is 8.25. The van der Waals surface area contributed by atoms with E-state index in [-0.39, 0.29) is 5.91 Å². The van der Waals surface area contributed by atoms with Gasteiger partial charge in [0.1, 0.15) is 17.6 Å². The second-order valence-electron chi connectivity index (χ2n) is 8.25. The monoisotopic (exact) mass is 450 g/mol. The molecule has 0 saturated heterocycles. The molecule has 2 aromatic heterocycles. The third kappa shape index (κ3) is 4.18. The molecule has 1 amide bonds. The first-order valence-corrected chi connectivity index (χ1v) is 11.2. The zero-order valence-electron chi connectivity index (χ0n) is 19.2. The molecule has 3 aromatic carbocycles. The van der Waals surface area contributed by atoms with Crippen LogP contribution in [0.2, 0.25) is 0 Å². The molecule has 34 heavy (non-hydrogen) atoms. The van der Waals surface area contributed by atoms with Gasteiger partial charge in [-0.25, -0.2) is 4.98 Å². The van der Waals surface area contributed by atoms with E-state index in [4.69, 9.17) is 4.74 Å². The van der Waals surface area contributed by atoms with Crippen LogP contribution in [0.1, 0.15) is 33.4 Å². The zero-order chi connectivity index (χ0) is 23.5. The third-order valence-corrected chi connectivity index (χ3v) is 6.07. The lowest BCUT2D eigenvalue weighted by atomic mass is 10.0. The number of para-hydroxylation sites is 1. The summed E-state index contributed by atoms with van der Waals surface area (Å²) in [7, 11) is 3.56. The lowest BCUT2D eigenvalue weighted by Crippen LogP contribution is -2.31. The van der Waals surface area contributed by atoms with Crippen molar-refractivity contribution in [3.63, 3.8) is 0 Å². The summed E-state index contributed by atoms with van der Waals surface area (Å²) >= 11 is 0. The van der Waals surface area contributed by atoms with Gasteiger partial charge in [0.15, 0.2) is 0 Å². The number of carbonyl (C=O) groups excluding carboxylic acids is 1. The van der Waals surface area contributed by atoms with E-state index in [2.05, 4.69) is 33.1 Å². The van der Waals surface area contributed by atoms with Gasteiger partial charge in [0.25, 0.3) is 5.91 Å². The number of hydrogen-bond donors (Lipinski definition) is 1. The van der Waals surface area contributed by atoms with Gasteiger partial charge in [-0.1, -0.05) is 60.7 Å². The van der Waals surface area contributed by atoms with Crippen LogP contribution >= 0.6 is 0 Å². The summed E-state index contributed by atoms with van der Waals surface area (Å²) in [6.45, 7) is 0.690. The minimum Gasteiger partial charge on any atom is -0.497 e. The number of hydrogen-bond acceptors (Lipinski definition) is 3. The molecule has 5 aromatic rings. The van der Waals surface area contributed by atoms with Gasteiger partial charge >= 0.3 is 0 Å². The number of benzene rings is 3. The number of amides is 1. The minimum absolute atomic E-state index is 0.146. The summed E-state index contributed by atoms with van der Waals surface area (Å²) in [5.41, 5.74) is 3.77. The van der Waals surface area contributed by atoms with Gasteiger partial charge in [0.05, 0.1) is 12.7 Å². The Morgan fingerprint density at radius 1 is 1.00 bits per heavy atom. The van der Waals surface area contributed by atoms with Crippen LogP contribution in [0.3, 0.4) is 0 Å². The fraction of sp³-hybridized carbons (Fsp3) is 0.143. The third-order valence-electron chi connectivity index (χ3n) is 6.07. The molecule has 0 fully saturated rings. The molecule has 0 saturated carbocycles. The average molecular weight is 451 g/mol. The number of nitrogens with zero attached hydrogens (tertiary/aromatic N) is 3. The molecule has 1 unspecified atom stereocenters. The van der Waals surface area contributed by atoms with Crippen molar-refractivity contribution in [1.82, 2.24) is 19.4 Å². The number of aromatic nitrogens is 3. The fourth-order valence-electron chi connectivity index (χ4n) is 4.30. The average Bonchev–Trinajstić information content (AvgIpc) is 3.47. The smallest absolute Gasteiger partial charge is 0.254 e. The molecule has 0 aliphatic carbocycles. The van der Waals surface area contributed by atoms with E-state index in [0.29, 0.717) is 12.1 Å². The molecule has 6 nitrogen and oxygen atoms in total. The largest absolute Gasteiger partial charge is 0.497 e. The summed E-state index contributed by atoms with van der Waals surface area (Å²) < 4.78 is 9.35. The Hall–Kier alpha value is -4.32. The predicted molar refractivity (Wildman–Crippen MR) is 133 cm³/mol. The van der Waals surface area contributed by atoms with Crippen molar-refractivity contribution in [2.75, 3.05) is 7.11 Å². The first kappa shape index (κ1) is 21.5. The molecule has 0 bridgehead atoms. The Morgan fingerprint density at radius 3 is 2.44 bits per heavy atom. The van der Waals surface area contributed by atoms with Crippen molar-refractivity contribution >= 4 is 16.8 Å². The van der Waals surface area contributed by atoms with Crippen molar-refractivity contribution < 1.29 is 9.53 Å². The SMILES string of the molecule is COc1ccc(C(NC(=O)c2cn(Cc3ccccc3)c3ccccc23)c2nccn2C)cc1. The van der Waals surface area contributed by atoms with Crippen LogP contribution in [0.15, 0.2) is 97.5 Å². The molecular formula is C28H26N4O2. The quantitative estimate of drug-likeness (QED) is 0.382. The van der Waals surface area contributed by atoms with Crippen molar-refractivity contribution in [2.24, 2.45) is 7.05 Å². The van der Waals surface area contributed by atoms with Gasteiger partial charge in [-0.15, -0.1) is 0 Å². The second kappa shape index (κ2) is 9.27. The molecule has 1 N–H and O–H groups in total. The van der Waals surface area contributed by atoms with Gasteiger partial charge in [-0.3, -0.25) is 4.79 Å². The van der Waals surface area contributed by atoms with E-state index in [0.717, 1.165) is 28.0 Å². The standard InChI is InChI=1S/C28H26N4O2/c1-31-17-16-29-27(31)26(21-12-14-22(34-2)15-13-21)30-28(33)24-19-32(18-20-8-4-3-5-9-20)25-11-7-6-10-23(24)25/h3-17,19,26H,18H2,1-2H3,(H,30,33). The molecular weight excluding hydrogens is 424 g/mol. The van der Waals surface area contributed by atoms with Gasteiger partial charge in [0.2, 0.25) is 0 Å². The molecule has 2 heterocycles. The summed E-state index contributed by atoms with van der Waals surface area (Å²) in [6, 6.07) is 25.5. The molecule has 170 valence electrons. The van der Waals surface area contributed by atoms with Gasteiger partial charge < -0.3 is 19.2 Å². The highest BCUT2D eigenvalue weighted by molar-refractivity contribution is 6.07. The highest BCUT2D eigenvalue weighted by atomic mass is 16.5. The Bertz CT molecular complexity index is 1420. The number of ether oxygens (including phenoxy) is 1. The maximum Gasteiger partial charge on any atom is 0.254 e. The van der Waals surface area contributed by atoms with E-state index in [1.807, 2.05) is 84.7 Å². The lowest BCUT2D eigenvalue weighted by molar-refractivity contribution is 0.0942. The van der Waals surface area contributed by atoms with Gasteiger partial charge in [-0.05, 0) is 29.3 Å². The molecule has 6 heteroatoms. The van der Waals surface area contributed by atoms with Crippen molar-refractivity contribution in [3.05, 3.63) is 120 Å². The molecule has 0 radical (unpaired) electrons. The maximum atomic E-state index is 13.7. The number of methoxy groups -OCH3 is 1. The number of aryl methyl sites for hydroxylation is 1. The number of rotatable bonds is 7. The van der Waals surface area contributed by atoms with E-state index < -0.39 is 6.04 Å². The molecule has 0 aliphatic heterocycles. The minimum atomic E-state index is -0.408. The molecule has 5 rings (SSSR count). The summed E-state index contributed by atoms with van der Waals surface area (Å²) in [4.78, 5) is 18.2. The number of carbonyl (C=O) groups is 1. The first-order valence-electron chi connectivity index (χ1n) is 11.2. The van der Waals surface area contributed by atoms with Crippen LogP contribution in [-0.2, 0) is 13.6 Å². The number of fused-ring (bicyclic) bond motifs is 1. The normalized spacial score (nSPS) is 11.9. The molecule has 1 atom stereocenters. The number of imidazole rings is 1. The highest BCUT2D eigenvalue weighted by Gasteiger charge is 2.23. The predicted octanol–water partition coefficient (Wildman–Crippen LogP) is 4.95. The van der Waals surface area contributed by atoms with Crippen molar-refractivity contribution in [3.8, 4) is 5.75 Å². The van der Waals surface area contributed by atoms with Gasteiger partial charge in [0, 0.05) is 43.1 Å². The van der Waals surface area contributed by atoms with Crippen LogP contribution in [0.25, 0.3) is 10.9 Å². The Balaban J connectivity index is 1.51. The maximum absolute atomic E-state index is 13.7. The van der Waals surface area contributed by atoms with Crippen LogP contribution in [-0.4, -0.2) is 27.1 Å². The Kier molecular flexibility index (Phi) is 5.87. The van der Waals surface area contributed by atoms with Crippen molar-refractivity contribution in [2.45, 2.75) is 12.6 Å². The topological polar surface area (TPSA) is 61.1 Å². The highest BCUT2D eigenvalue weighted by Crippen LogP contribution is 2.26. The van der Waals surface area contributed by atoms with Crippen LogP contribution in [0.4, 0.5) is 0 Å². The molecule has 0 spiro atoms. The lowest BCUT2D eigenvalue weighted by Gasteiger charge is -2.19. The van der Waals surface area contributed by atoms with E-state index in [1.165, 1.54) is 5.56 Å². The van der Waals surface area contributed by atoms with Crippen LogP contribution in [0, 0.1) is 0 Å². The number of nitrogens with one attached hydrogen (secondary N) is 1. The Labute approximate surface area is 198 Å². The van der Waals surface area contributed by atoms with E-state index in [9.17, 15) is 4.79 Å². The van der Waals surface area contributed by atoms with Crippen molar-refractivity contribution in [1.29, 1.82) is 0 Å². The van der Waals surface area contributed by atoms with E-state index >= 15 is 0 Å².